The van der Waals surface area contributed by atoms with Gasteiger partial charge in [-0.15, -0.1) is 0 Å². The molecule has 0 saturated carbocycles. The summed E-state index contributed by atoms with van der Waals surface area (Å²) < 4.78 is 0. The number of aromatic nitrogens is 2. The molecule has 0 aliphatic rings. The van der Waals surface area contributed by atoms with E-state index in [1.807, 2.05) is 24.3 Å². The van der Waals surface area contributed by atoms with E-state index >= 15 is 0 Å². The third-order valence-electron chi connectivity index (χ3n) is 1.66. The lowest BCUT2D eigenvalue weighted by Crippen LogP contribution is -1.81. The van der Waals surface area contributed by atoms with Crippen molar-refractivity contribution < 1.29 is 0 Å². The van der Waals surface area contributed by atoms with Gasteiger partial charge in [-0.05, 0) is 12.1 Å². The van der Waals surface area contributed by atoms with Gasteiger partial charge in [0, 0.05) is 7.05 Å². The Hall–Kier alpha value is -1.64. The van der Waals surface area contributed by atoms with Crippen LogP contribution in [0.15, 0.2) is 29.3 Å². The van der Waals surface area contributed by atoms with E-state index in [-0.39, 0.29) is 0 Å². The normalized spacial score (nSPS) is 11.4. The maximum absolute atomic E-state index is 4.30. The van der Waals surface area contributed by atoms with Crippen molar-refractivity contribution in [3.05, 3.63) is 30.1 Å². The van der Waals surface area contributed by atoms with Crippen LogP contribution in [0, 0.1) is 0 Å². The molecule has 0 spiro atoms. The molecule has 0 amide bonds. The molecule has 0 aliphatic carbocycles. The predicted octanol–water partition coefficient (Wildman–Crippen LogP) is 1.61. The summed E-state index contributed by atoms with van der Waals surface area (Å²) in [6.07, 6.45) is 1.71. The van der Waals surface area contributed by atoms with Crippen molar-refractivity contribution in [1.82, 2.24) is 9.97 Å². The van der Waals surface area contributed by atoms with Gasteiger partial charge in [-0.25, -0.2) is 4.98 Å². The number of imidazole rings is 1. The Balaban J connectivity index is 2.62. The number of hydrogen-bond donors (Lipinski definition) is 1. The second-order valence-electron chi connectivity index (χ2n) is 2.53. The highest BCUT2D eigenvalue weighted by Crippen LogP contribution is 2.08. The number of nitrogens with zero attached hydrogens (tertiary/aromatic N) is 2. The van der Waals surface area contributed by atoms with Gasteiger partial charge in [0.05, 0.1) is 17.2 Å². The zero-order valence-electron chi connectivity index (χ0n) is 6.78. The molecule has 0 fully saturated rings. The molecule has 0 saturated heterocycles. The Kier molecular flexibility index (Phi) is 1.63. The van der Waals surface area contributed by atoms with E-state index in [0.717, 1.165) is 16.9 Å². The van der Waals surface area contributed by atoms with Crippen LogP contribution < -0.4 is 0 Å². The third-order valence-corrected chi connectivity index (χ3v) is 1.66. The average Bonchev–Trinajstić information content (AvgIpc) is 2.47. The summed E-state index contributed by atoms with van der Waals surface area (Å²) in [5, 5.41) is 0. The van der Waals surface area contributed by atoms with Crippen LogP contribution in [0.3, 0.4) is 0 Å². The molecule has 0 aliphatic heterocycles. The van der Waals surface area contributed by atoms with Gasteiger partial charge in [0.25, 0.3) is 0 Å². The van der Waals surface area contributed by atoms with E-state index in [2.05, 4.69) is 15.0 Å². The largest absolute Gasteiger partial charge is 0.337 e. The molecule has 2 rings (SSSR count). The smallest absolute Gasteiger partial charge is 0.149 e. The summed E-state index contributed by atoms with van der Waals surface area (Å²) in [6.45, 7) is 0. The van der Waals surface area contributed by atoms with E-state index < -0.39 is 0 Å². The average molecular weight is 159 g/mol. The summed E-state index contributed by atoms with van der Waals surface area (Å²) >= 11 is 0. The Morgan fingerprint density at radius 2 is 2.25 bits per heavy atom. The molecule has 0 bridgehead atoms. The molecular weight excluding hydrogens is 150 g/mol. The topological polar surface area (TPSA) is 41.0 Å². The van der Waals surface area contributed by atoms with Gasteiger partial charge in [-0.1, -0.05) is 12.1 Å². The molecular formula is C9H9N3. The van der Waals surface area contributed by atoms with Gasteiger partial charge in [-0.3, -0.25) is 4.99 Å². The van der Waals surface area contributed by atoms with Crippen LogP contribution in [0.25, 0.3) is 11.0 Å². The van der Waals surface area contributed by atoms with Gasteiger partial charge in [0.2, 0.25) is 0 Å². The molecule has 12 heavy (non-hydrogen) atoms. The predicted molar refractivity (Wildman–Crippen MR) is 49.6 cm³/mol. The Morgan fingerprint density at radius 1 is 1.42 bits per heavy atom. The first-order valence-corrected chi connectivity index (χ1v) is 3.77. The third kappa shape index (κ3) is 1.09. The van der Waals surface area contributed by atoms with Crippen LogP contribution in [-0.2, 0) is 0 Å². The van der Waals surface area contributed by atoms with Crippen LogP contribution in [0.5, 0.6) is 0 Å². The SMILES string of the molecule is CN=Cc1nc2ccccc2[nH]1. The van der Waals surface area contributed by atoms with Crippen molar-refractivity contribution >= 4 is 17.2 Å². The minimum Gasteiger partial charge on any atom is -0.337 e. The highest BCUT2D eigenvalue weighted by atomic mass is 14.9. The molecule has 0 unspecified atom stereocenters. The number of aliphatic imine (C=N–C) groups is 1. The zero-order chi connectivity index (χ0) is 8.39. The Bertz CT molecular complexity index is 381. The fourth-order valence-corrected chi connectivity index (χ4v) is 1.16. The van der Waals surface area contributed by atoms with E-state index in [9.17, 15) is 0 Å². The number of aromatic amines is 1. The lowest BCUT2D eigenvalue weighted by Gasteiger charge is -1.81. The van der Waals surface area contributed by atoms with Crippen LogP contribution in [-0.4, -0.2) is 23.2 Å². The number of nitrogens with one attached hydrogen (secondary N) is 1. The highest BCUT2D eigenvalue weighted by molar-refractivity contribution is 5.83. The van der Waals surface area contributed by atoms with Crippen molar-refractivity contribution in [1.29, 1.82) is 0 Å². The molecule has 0 atom stereocenters. The molecule has 0 radical (unpaired) electrons. The van der Waals surface area contributed by atoms with Gasteiger partial charge in [-0.2, -0.15) is 0 Å². The van der Waals surface area contributed by atoms with Crippen molar-refractivity contribution in [3.8, 4) is 0 Å². The van der Waals surface area contributed by atoms with Crippen LogP contribution >= 0.6 is 0 Å². The number of hydrogen-bond acceptors (Lipinski definition) is 2. The van der Waals surface area contributed by atoms with E-state index in [1.54, 1.807) is 13.3 Å². The van der Waals surface area contributed by atoms with Crippen molar-refractivity contribution in [2.24, 2.45) is 4.99 Å². The summed E-state index contributed by atoms with van der Waals surface area (Å²) in [7, 11) is 1.73. The minimum absolute atomic E-state index is 0.804. The molecule has 2 aromatic rings. The highest BCUT2D eigenvalue weighted by Gasteiger charge is 1.96. The fourth-order valence-electron chi connectivity index (χ4n) is 1.16. The summed E-state index contributed by atoms with van der Waals surface area (Å²) in [6, 6.07) is 7.91. The number of para-hydroxylation sites is 2. The molecule has 3 heteroatoms. The van der Waals surface area contributed by atoms with E-state index in [4.69, 9.17) is 0 Å². The van der Waals surface area contributed by atoms with Crippen LogP contribution in [0.4, 0.5) is 0 Å². The lowest BCUT2D eigenvalue weighted by molar-refractivity contribution is 1.29. The van der Waals surface area contributed by atoms with Gasteiger partial charge < -0.3 is 4.98 Å². The number of rotatable bonds is 1. The first-order chi connectivity index (χ1) is 5.90. The van der Waals surface area contributed by atoms with Crippen molar-refractivity contribution in [3.63, 3.8) is 0 Å². The minimum atomic E-state index is 0.804. The Labute approximate surface area is 70.2 Å². The number of H-pyrrole nitrogens is 1. The second kappa shape index (κ2) is 2.77. The van der Waals surface area contributed by atoms with E-state index in [1.165, 1.54) is 0 Å². The van der Waals surface area contributed by atoms with Crippen LogP contribution in [0.2, 0.25) is 0 Å². The quantitative estimate of drug-likeness (QED) is 0.631. The Morgan fingerprint density at radius 3 is 3.00 bits per heavy atom. The molecule has 1 aromatic heterocycles. The maximum atomic E-state index is 4.30. The second-order valence-corrected chi connectivity index (χ2v) is 2.53. The van der Waals surface area contributed by atoms with E-state index in [0.29, 0.717) is 0 Å². The van der Waals surface area contributed by atoms with Gasteiger partial charge in [0.15, 0.2) is 0 Å². The lowest BCUT2D eigenvalue weighted by atomic mass is 10.3. The zero-order valence-corrected chi connectivity index (χ0v) is 6.78. The monoisotopic (exact) mass is 159 g/mol. The number of benzene rings is 1. The summed E-state index contributed by atoms with van der Waals surface area (Å²) in [5.41, 5.74) is 2.03. The molecule has 60 valence electrons. The fraction of sp³-hybridized carbons (Fsp3) is 0.111. The summed E-state index contributed by atoms with van der Waals surface area (Å²) in [4.78, 5) is 11.3. The first-order valence-electron chi connectivity index (χ1n) is 3.77. The van der Waals surface area contributed by atoms with Gasteiger partial charge in [0.1, 0.15) is 5.82 Å². The first kappa shape index (κ1) is 7.03. The molecule has 1 aromatic carbocycles. The van der Waals surface area contributed by atoms with Crippen LogP contribution in [0.1, 0.15) is 5.82 Å². The summed E-state index contributed by atoms with van der Waals surface area (Å²) in [5.74, 6) is 0.804. The standard InChI is InChI=1S/C9H9N3/c1-10-6-9-11-7-4-2-3-5-8(7)12-9/h2-6H,1H3,(H,11,12). The molecule has 1 heterocycles. The maximum Gasteiger partial charge on any atom is 0.149 e. The van der Waals surface area contributed by atoms with Gasteiger partial charge >= 0.3 is 0 Å². The van der Waals surface area contributed by atoms with Crippen molar-refractivity contribution in [2.45, 2.75) is 0 Å². The molecule has 1 N–H and O–H groups in total. The van der Waals surface area contributed by atoms with Crippen molar-refractivity contribution in [2.75, 3.05) is 7.05 Å². The molecule has 3 nitrogen and oxygen atoms in total. The number of fused-ring (bicyclic) bond motifs is 1.